The minimum Gasteiger partial charge on any atom is -0.496 e. The fraction of sp³-hybridized carbons (Fsp3) is 0.588. The lowest BCUT2D eigenvalue weighted by atomic mass is 10.1. The van der Waals surface area contributed by atoms with Crippen molar-refractivity contribution in [2.45, 2.75) is 31.1 Å². The average Bonchev–Trinajstić information content (AvgIpc) is 2.59. The summed E-state index contributed by atoms with van der Waals surface area (Å²) < 4.78 is 28.1. The first kappa shape index (κ1) is 19.7. The molecule has 0 aromatic heterocycles. The Morgan fingerprint density at radius 1 is 1.32 bits per heavy atom. The van der Waals surface area contributed by atoms with Gasteiger partial charge in [0.2, 0.25) is 10.0 Å². The molecule has 0 aliphatic carbocycles. The van der Waals surface area contributed by atoms with Crippen molar-refractivity contribution in [2.75, 3.05) is 33.3 Å². The van der Waals surface area contributed by atoms with Gasteiger partial charge >= 0.3 is 0 Å². The van der Waals surface area contributed by atoms with E-state index in [1.54, 1.807) is 0 Å². The number of benzene rings is 1. The van der Waals surface area contributed by atoms with E-state index >= 15 is 0 Å². The number of hydrogen-bond acceptors (Lipinski definition) is 5. The van der Waals surface area contributed by atoms with E-state index < -0.39 is 10.0 Å². The van der Waals surface area contributed by atoms with Crippen LogP contribution in [0.4, 0.5) is 0 Å². The number of likely N-dealkylation sites (tertiary alicyclic amines) is 1. The van der Waals surface area contributed by atoms with Crippen LogP contribution in [0.5, 0.6) is 5.75 Å². The van der Waals surface area contributed by atoms with Crippen molar-refractivity contribution in [1.82, 2.24) is 10.2 Å². The van der Waals surface area contributed by atoms with E-state index in [2.05, 4.69) is 17.1 Å². The first-order chi connectivity index (χ1) is 11.8. The van der Waals surface area contributed by atoms with E-state index in [0.717, 1.165) is 19.6 Å². The lowest BCUT2D eigenvalue weighted by Gasteiger charge is -2.29. The Balaban J connectivity index is 1.99. The van der Waals surface area contributed by atoms with E-state index in [4.69, 9.17) is 9.88 Å². The lowest BCUT2D eigenvalue weighted by molar-refractivity contribution is 0.0939. The van der Waals surface area contributed by atoms with Crippen LogP contribution in [0.1, 0.15) is 36.5 Å². The number of nitrogens with one attached hydrogen (secondary N) is 1. The third kappa shape index (κ3) is 5.69. The maximum atomic E-state index is 12.5. The van der Waals surface area contributed by atoms with Crippen molar-refractivity contribution in [3.8, 4) is 5.75 Å². The van der Waals surface area contributed by atoms with E-state index in [-0.39, 0.29) is 16.4 Å². The van der Waals surface area contributed by atoms with E-state index in [0.29, 0.717) is 18.2 Å². The Bertz CT molecular complexity index is 700. The van der Waals surface area contributed by atoms with Gasteiger partial charge in [-0.1, -0.05) is 13.3 Å². The number of carbonyl (C=O) groups excluding carboxylic acids is 1. The summed E-state index contributed by atoms with van der Waals surface area (Å²) in [6.45, 7) is 5.77. The molecular weight excluding hydrogens is 342 g/mol. The zero-order chi connectivity index (χ0) is 18.4. The number of piperidine rings is 1. The maximum absolute atomic E-state index is 12.5. The molecule has 0 spiro atoms. The van der Waals surface area contributed by atoms with E-state index in [1.165, 1.54) is 44.6 Å². The van der Waals surface area contributed by atoms with Crippen molar-refractivity contribution in [3.05, 3.63) is 23.8 Å². The summed E-state index contributed by atoms with van der Waals surface area (Å²) in [6, 6.07) is 4.01. The molecule has 1 aromatic rings. The van der Waals surface area contributed by atoms with Crippen molar-refractivity contribution < 1.29 is 17.9 Å². The first-order valence-corrected chi connectivity index (χ1v) is 10.1. The second-order valence-electron chi connectivity index (χ2n) is 6.58. The molecule has 2 rings (SSSR count). The summed E-state index contributed by atoms with van der Waals surface area (Å²) in [5, 5.41) is 8.00. The van der Waals surface area contributed by atoms with Crippen LogP contribution >= 0.6 is 0 Å². The molecule has 0 saturated carbocycles. The van der Waals surface area contributed by atoms with Crippen molar-refractivity contribution in [3.63, 3.8) is 0 Å². The van der Waals surface area contributed by atoms with Gasteiger partial charge in [-0.3, -0.25) is 4.79 Å². The molecule has 1 saturated heterocycles. The van der Waals surface area contributed by atoms with E-state index in [1.807, 2.05) is 0 Å². The first-order valence-electron chi connectivity index (χ1n) is 8.52. The quantitative estimate of drug-likeness (QED) is 0.752. The number of methoxy groups -OCH3 is 1. The van der Waals surface area contributed by atoms with Crippen LogP contribution in [0.15, 0.2) is 23.1 Å². The summed E-state index contributed by atoms with van der Waals surface area (Å²) >= 11 is 0. The Hall–Kier alpha value is -1.64. The zero-order valence-electron chi connectivity index (χ0n) is 14.8. The van der Waals surface area contributed by atoms with Gasteiger partial charge in [-0.25, -0.2) is 13.6 Å². The van der Waals surface area contributed by atoms with Crippen molar-refractivity contribution >= 4 is 15.9 Å². The predicted octanol–water partition coefficient (Wildman–Crippen LogP) is 1.19. The summed E-state index contributed by atoms with van der Waals surface area (Å²) in [4.78, 5) is 14.8. The topological polar surface area (TPSA) is 102 Å². The largest absolute Gasteiger partial charge is 0.496 e. The molecule has 1 aliphatic rings. The summed E-state index contributed by atoms with van der Waals surface area (Å²) in [6.07, 6.45) is 3.76. The molecule has 7 nitrogen and oxygen atoms in total. The third-order valence-electron chi connectivity index (χ3n) is 4.37. The molecule has 0 radical (unpaired) electrons. The Morgan fingerprint density at radius 3 is 2.60 bits per heavy atom. The molecule has 8 heteroatoms. The molecule has 3 N–H and O–H groups in total. The number of nitrogens with zero attached hydrogens (tertiary/aromatic N) is 1. The van der Waals surface area contributed by atoms with Crippen LogP contribution in [0.25, 0.3) is 0 Å². The van der Waals surface area contributed by atoms with Gasteiger partial charge < -0.3 is 15.0 Å². The average molecular weight is 369 g/mol. The molecule has 1 aromatic carbocycles. The minimum atomic E-state index is -3.88. The molecule has 1 aliphatic heterocycles. The highest BCUT2D eigenvalue weighted by molar-refractivity contribution is 7.89. The van der Waals surface area contributed by atoms with Gasteiger partial charge in [0, 0.05) is 13.1 Å². The number of sulfonamides is 1. The fourth-order valence-electron chi connectivity index (χ4n) is 3.05. The van der Waals surface area contributed by atoms with Crippen molar-refractivity contribution in [1.29, 1.82) is 0 Å². The molecule has 140 valence electrons. The number of primary sulfonamides is 1. The number of nitrogens with two attached hydrogens (primary N) is 1. The highest BCUT2D eigenvalue weighted by atomic mass is 32.2. The van der Waals surface area contributed by atoms with Gasteiger partial charge in [0.15, 0.2) is 0 Å². The zero-order valence-corrected chi connectivity index (χ0v) is 15.6. The van der Waals surface area contributed by atoms with Gasteiger partial charge in [-0.05, 0) is 50.0 Å². The summed E-state index contributed by atoms with van der Waals surface area (Å²) in [5.74, 6) is 0.246. The van der Waals surface area contributed by atoms with Crippen LogP contribution in [0, 0.1) is 5.92 Å². The van der Waals surface area contributed by atoms with Crippen LogP contribution in [-0.2, 0) is 10.0 Å². The highest BCUT2D eigenvalue weighted by Gasteiger charge is 2.19. The number of amides is 1. The maximum Gasteiger partial charge on any atom is 0.255 e. The van der Waals surface area contributed by atoms with Gasteiger partial charge in [-0.15, -0.1) is 0 Å². The molecular formula is C17H27N3O4S. The minimum absolute atomic E-state index is 0.111. The van der Waals surface area contributed by atoms with Gasteiger partial charge in [0.25, 0.3) is 5.91 Å². The number of carbonyl (C=O) groups is 1. The van der Waals surface area contributed by atoms with Crippen LogP contribution < -0.4 is 15.2 Å². The summed E-state index contributed by atoms with van der Waals surface area (Å²) in [5.41, 5.74) is 0.166. The SMILES string of the molecule is COc1ccc(S(N)(=O)=O)cc1C(=O)NCC(C)CN1CCCCC1. The normalized spacial score (nSPS) is 17.1. The smallest absolute Gasteiger partial charge is 0.255 e. The predicted molar refractivity (Wildman–Crippen MR) is 96.2 cm³/mol. The van der Waals surface area contributed by atoms with Gasteiger partial charge in [-0.2, -0.15) is 0 Å². The van der Waals surface area contributed by atoms with Crippen LogP contribution in [0.3, 0.4) is 0 Å². The molecule has 25 heavy (non-hydrogen) atoms. The number of rotatable bonds is 7. The Labute approximate surface area is 149 Å². The second-order valence-corrected chi connectivity index (χ2v) is 8.14. The molecule has 1 amide bonds. The molecule has 0 bridgehead atoms. The monoisotopic (exact) mass is 369 g/mol. The molecule has 1 unspecified atom stereocenters. The van der Waals surface area contributed by atoms with Crippen molar-refractivity contribution in [2.24, 2.45) is 11.1 Å². The fourth-order valence-corrected chi connectivity index (χ4v) is 3.59. The Kier molecular flexibility index (Phi) is 6.80. The molecule has 1 fully saturated rings. The lowest BCUT2D eigenvalue weighted by Crippen LogP contribution is -2.38. The van der Waals surface area contributed by atoms with Gasteiger partial charge in [0.05, 0.1) is 17.6 Å². The van der Waals surface area contributed by atoms with Crippen LogP contribution in [-0.4, -0.2) is 52.5 Å². The molecule has 1 heterocycles. The van der Waals surface area contributed by atoms with Crippen LogP contribution in [0.2, 0.25) is 0 Å². The standard InChI is InChI=1S/C17H27N3O4S/c1-13(12-20-8-4-3-5-9-20)11-19-17(21)15-10-14(25(18,22)23)6-7-16(15)24-2/h6-7,10,13H,3-5,8-9,11-12H2,1-2H3,(H,19,21)(H2,18,22,23). The number of hydrogen-bond donors (Lipinski definition) is 2. The van der Waals surface area contributed by atoms with Gasteiger partial charge in [0.1, 0.15) is 5.75 Å². The highest BCUT2D eigenvalue weighted by Crippen LogP contribution is 2.22. The Morgan fingerprint density at radius 2 is 2.00 bits per heavy atom. The number of ether oxygens (including phenoxy) is 1. The molecule has 1 atom stereocenters. The summed E-state index contributed by atoms with van der Waals surface area (Å²) in [7, 11) is -2.44. The van der Waals surface area contributed by atoms with E-state index in [9.17, 15) is 13.2 Å². The second kappa shape index (κ2) is 8.64. The third-order valence-corrected chi connectivity index (χ3v) is 5.28.